The minimum Gasteiger partial charge on any atom is -0.353 e. The van der Waals surface area contributed by atoms with Crippen molar-refractivity contribution < 1.29 is 4.79 Å². The number of carbonyl (C=O) groups is 1. The van der Waals surface area contributed by atoms with Crippen LogP contribution in [-0.4, -0.2) is 32.5 Å². The zero-order valence-corrected chi connectivity index (χ0v) is 16.9. The Balaban J connectivity index is 1.39. The summed E-state index contributed by atoms with van der Waals surface area (Å²) in [7, 11) is 2.00. The van der Waals surface area contributed by atoms with Gasteiger partial charge in [-0.1, -0.05) is 31.0 Å². The van der Waals surface area contributed by atoms with Gasteiger partial charge in [0.2, 0.25) is 5.91 Å². The van der Waals surface area contributed by atoms with Crippen molar-refractivity contribution >= 4 is 29.0 Å². The number of hydrogen-bond acceptors (Lipinski definition) is 5. The minimum absolute atomic E-state index is 0.111. The molecule has 0 aliphatic heterocycles. The lowest BCUT2D eigenvalue weighted by atomic mass is 9.95. The monoisotopic (exact) mass is 390 g/mol. The van der Waals surface area contributed by atoms with E-state index >= 15 is 0 Å². The second-order valence-corrected chi connectivity index (χ2v) is 9.22. The van der Waals surface area contributed by atoms with Crippen molar-refractivity contribution in [2.75, 3.05) is 5.75 Å². The second-order valence-electron chi connectivity index (χ2n) is 7.31. The van der Waals surface area contributed by atoms with Gasteiger partial charge in [-0.05, 0) is 44.1 Å². The number of thiophene rings is 1. The molecule has 0 radical (unpaired) electrons. The van der Waals surface area contributed by atoms with Crippen LogP contribution in [0.4, 0.5) is 0 Å². The molecule has 2 aliphatic rings. The fourth-order valence-electron chi connectivity index (χ4n) is 4.00. The first-order valence-corrected chi connectivity index (χ1v) is 11.5. The molecule has 0 unspecified atom stereocenters. The Labute approximate surface area is 163 Å². The SMILES string of the molecule is Cn1c(SCC(=O)NC2CCCCC2)nnc1-c1csc2c1CCCC2. The van der Waals surface area contributed by atoms with Crippen LogP contribution in [0.1, 0.15) is 55.4 Å². The summed E-state index contributed by atoms with van der Waals surface area (Å²) in [6.45, 7) is 0. The normalized spacial score (nSPS) is 17.9. The van der Waals surface area contributed by atoms with Crippen LogP contribution in [0.5, 0.6) is 0 Å². The van der Waals surface area contributed by atoms with Gasteiger partial charge in [0, 0.05) is 28.9 Å². The van der Waals surface area contributed by atoms with Crippen molar-refractivity contribution in [1.29, 1.82) is 0 Å². The summed E-state index contributed by atoms with van der Waals surface area (Å²) in [5.41, 5.74) is 2.70. The van der Waals surface area contributed by atoms with E-state index in [0.717, 1.165) is 30.2 Å². The Morgan fingerprint density at radius 1 is 1.23 bits per heavy atom. The molecule has 5 nitrogen and oxygen atoms in total. The van der Waals surface area contributed by atoms with Crippen molar-refractivity contribution in [2.24, 2.45) is 7.05 Å². The van der Waals surface area contributed by atoms with Crippen LogP contribution in [0, 0.1) is 0 Å². The first-order chi connectivity index (χ1) is 12.7. The van der Waals surface area contributed by atoms with Gasteiger partial charge in [0.25, 0.3) is 0 Å². The van der Waals surface area contributed by atoms with Gasteiger partial charge in [-0.3, -0.25) is 4.79 Å². The maximum atomic E-state index is 12.2. The van der Waals surface area contributed by atoms with Crippen molar-refractivity contribution in [2.45, 2.75) is 69.0 Å². The molecule has 2 heterocycles. The molecule has 0 atom stereocenters. The Bertz CT molecular complexity index is 777. The van der Waals surface area contributed by atoms with E-state index in [0.29, 0.717) is 11.8 Å². The standard InChI is InChI=1S/C19H26N4OS2/c1-23-18(15-11-25-16-10-6-5-9-14(15)16)21-22-19(23)26-12-17(24)20-13-7-3-2-4-8-13/h11,13H,2-10,12H2,1H3,(H,20,24). The predicted molar refractivity (Wildman–Crippen MR) is 107 cm³/mol. The molecule has 7 heteroatoms. The fourth-order valence-corrected chi connectivity index (χ4v) is 5.85. The van der Waals surface area contributed by atoms with Crippen LogP contribution in [0.25, 0.3) is 11.4 Å². The van der Waals surface area contributed by atoms with Gasteiger partial charge in [-0.15, -0.1) is 21.5 Å². The Morgan fingerprint density at radius 3 is 2.88 bits per heavy atom. The molecule has 1 saturated carbocycles. The highest BCUT2D eigenvalue weighted by atomic mass is 32.2. The summed E-state index contributed by atoms with van der Waals surface area (Å²) in [5.74, 6) is 1.45. The summed E-state index contributed by atoms with van der Waals surface area (Å²) in [5, 5.41) is 15.0. The van der Waals surface area contributed by atoms with Crippen molar-refractivity contribution in [1.82, 2.24) is 20.1 Å². The number of aromatic nitrogens is 3. The molecule has 4 rings (SSSR count). The number of fused-ring (bicyclic) bond motifs is 1. The van der Waals surface area contributed by atoms with E-state index in [1.807, 2.05) is 23.0 Å². The number of aryl methyl sites for hydroxylation is 1. The largest absolute Gasteiger partial charge is 0.353 e. The van der Waals surface area contributed by atoms with Gasteiger partial charge in [0.15, 0.2) is 11.0 Å². The van der Waals surface area contributed by atoms with Gasteiger partial charge >= 0.3 is 0 Å². The average molecular weight is 391 g/mol. The van der Waals surface area contributed by atoms with Crippen LogP contribution >= 0.6 is 23.1 Å². The summed E-state index contributed by atoms with van der Waals surface area (Å²) < 4.78 is 2.04. The third-order valence-electron chi connectivity index (χ3n) is 5.44. The number of amides is 1. The zero-order valence-electron chi connectivity index (χ0n) is 15.3. The lowest BCUT2D eigenvalue weighted by Crippen LogP contribution is -2.37. The number of thioether (sulfide) groups is 1. The Hall–Kier alpha value is -1.34. The first kappa shape index (κ1) is 18.0. The molecule has 140 valence electrons. The van der Waals surface area contributed by atoms with Gasteiger partial charge in [-0.2, -0.15) is 0 Å². The quantitative estimate of drug-likeness (QED) is 0.785. The third kappa shape index (κ3) is 3.83. The molecule has 0 aromatic carbocycles. The van der Waals surface area contributed by atoms with Gasteiger partial charge in [0.05, 0.1) is 5.75 Å². The highest BCUT2D eigenvalue weighted by Gasteiger charge is 2.21. The Morgan fingerprint density at radius 2 is 2.04 bits per heavy atom. The Kier molecular flexibility index (Phi) is 5.64. The molecule has 0 bridgehead atoms. The van der Waals surface area contributed by atoms with Gasteiger partial charge in [-0.25, -0.2) is 0 Å². The average Bonchev–Trinajstić information content (AvgIpc) is 3.24. The summed E-state index contributed by atoms with van der Waals surface area (Å²) in [6.07, 6.45) is 10.9. The number of hydrogen-bond donors (Lipinski definition) is 1. The highest BCUT2D eigenvalue weighted by molar-refractivity contribution is 7.99. The van der Waals surface area contributed by atoms with Crippen molar-refractivity contribution in [3.63, 3.8) is 0 Å². The van der Waals surface area contributed by atoms with E-state index in [-0.39, 0.29) is 5.91 Å². The maximum Gasteiger partial charge on any atom is 0.230 e. The second kappa shape index (κ2) is 8.13. The third-order valence-corrected chi connectivity index (χ3v) is 7.55. The van der Waals surface area contributed by atoms with E-state index in [9.17, 15) is 4.79 Å². The number of nitrogens with one attached hydrogen (secondary N) is 1. The van der Waals surface area contributed by atoms with Crippen LogP contribution in [0.3, 0.4) is 0 Å². The van der Waals surface area contributed by atoms with E-state index in [1.165, 1.54) is 66.3 Å². The zero-order chi connectivity index (χ0) is 17.9. The predicted octanol–water partition coefficient (Wildman–Crippen LogP) is 3.96. The lowest BCUT2D eigenvalue weighted by molar-refractivity contribution is -0.119. The summed E-state index contributed by atoms with van der Waals surface area (Å²) in [4.78, 5) is 13.7. The topological polar surface area (TPSA) is 59.8 Å². The van der Waals surface area contributed by atoms with Gasteiger partial charge < -0.3 is 9.88 Å². The molecule has 26 heavy (non-hydrogen) atoms. The minimum atomic E-state index is 0.111. The van der Waals surface area contributed by atoms with Crippen LogP contribution in [0.15, 0.2) is 10.5 Å². The van der Waals surface area contributed by atoms with E-state index < -0.39 is 0 Å². The molecular formula is C19H26N4OS2. The van der Waals surface area contributed by atoms with E-state index in [2.05, 4.69) is 20.9 Å². The maximum absolute atomic E-state index is 12.2. The molecule has 2 aromatic heterocycles. The highest BCUT2D eigenvalue weighted by Crippen LogP contribution is 2.36. The van der Waals surface area contributed by atoms with Crippen LogP contribution in [0.2, 0.25) is 0 Å². The van der Waals surface area contributed by atoms with Crippen molar-refractivity contribution in [3.8, 4) is 11.4 Å². The molecular weight excluding hydrogens is 364 g/mol. The summed E-state index contributed by atoms with van der Waals surface area (Å²) >= 11 is 3.33. The van der Waals surface area contributed by atoms with Crippen molar-refractivity contribution in [3.05, 3.63) is 15.8 Å². The fraction of sp³-hybridized carbons (Fsp3) is 0.632. The first-order valence-electron chi connectivity index (χ1n) is 9.63. The van der Waals surface area contributed by atoms with Crippen LogP contribution < -0.4 is 5.32 Å². The number of rotatable bonds is 5. The lowest BCUT2D eigenvalue weighted by Gasteiger charge is -2.22. The summed E-state index contributed by atoms with van der Waals surface area (Å²) in [6, 6.07) is 0.365. The van der Waals surface area contributed by atoms with Crippen LogP contribution in [-0.2, 0) is 24.7 Å². The molecule has 1 fully saturated rings. The molecule has 1 N–H and O–H groups in total. The van der Waals surface area contributed by atoms with E-state index in [1.54, 1.807) is 0 Å². The molecule has 2 aliphatic carbocycles. The smallest absolute Gasteiger partial charge is 0.230 e. The molecule has 0 saturated heterocycles. The molecule has 2 aromatic rings. The molecule has 0 spiro atoms. The van der Waals surface area contributed by atoms with E-state index in [4.69, 9.17) is 0 Å². The van der Waals surface area contributed by atoms with Gasteiger partial charge in [0.1, 0.15) is 0 Å². The number of nitrogens with zero attached hydrogens (tertiary/aromatic N) is 3. The molecule has 1 amide bonds. The number of carbonyl (C=O) groups excluding carboxylic acids is 1.